The quantitative estimate of drug-likeness (QED) is 0.522. The van der Waals surface area contributed by atoms with Gasteiger partial charge in [-0.05, 0) is 38.0 Å². The maximum atomic E-state index is 13.1. The Morgan fingerprint density at radius 3 is 2.70 bits per heavy atom. The first-order valence-corrected chi connectivity index (χ1v) is 10.7. The van der Waals surface area contributed by atoms with E-state index < -0.39 is 17.3 Å². The normalized spacial score (nSPS) is 20.9. The molecular weight excluding hydrogens is 433 g/mol. The molecule has 172 valence electrons. The summed E-state index contributed by atoms with van der Waals surface area (Å²) < 4.78 is 39.1. The summed E-state index contributed by atoms with van der Waals surface area (Å²) in [5.41, 5.74) is 1.21. The van der Waals surface area contributed by atoms with Gasteiger partial charge in [-0.2, -0.15) is 18.3 Å². The van der Waals surface area contributed by atoms with Crippen molar-refractivity contribution in [3.63, 3.8) is 0 Å². The van der Waals surface area contributed by atoms with E-state index in [1.165, 1.54) is 5.56 Å². The largest absolute Gasteiger partial charge is 0.416 e. The topological polar surface area (TPSA) is 85.9 Å². The lowest BCUT2D eigenvalue weighted by Gasteiger charge is -2.32. The molecule has 3 N–H and O–H groups in total. The lowest BCUT2D eigenvalue weighted by molar-refractivity contribution is -0.137. The van der Waals surface area contributed by atoms with Crippen molar-refractivity contribution in [3.8, 4) is 0 Å². The Balaban J connectivity index is 1.30. The van der Waals surface area contributed by atoms with E-state index in [9.17, 15) is 18.0 Å². The number of carbonyl (C=O) groups is 1. The lowest BCUT2D eigenvalue weighted by atomic mass is 10.0. The van der Waals surface area contributed by atoms with E-state index in [0.29, 0.717) is 11.7 Å². The average molecular weight is 456 g/mol. The fraction of sp³-hybridized carbons (Fsp3) is 0.348. The summed E-state index contributed by atoms with van der Waals surface area (Å²) in [5.74, 6) is 0.696. The molecule has 7 nitrogen and oxygen atoms in total. The molecule has 2 aromatic heterocycles. The van der Waals surface area contributed by atoms with Gasteiger partial charge in [0.2, 0.25) is 0 Å². The van der Waals surface area contributed by atoms with Gasteiger partial charge in [-0.3, -0.25) is 5.10 Å². The maximum Gasteiger partial charge on any atom is 0.416 e. The summed E-state index contributed by atoms with van der Waals surface area (Å²) in [5, 5.41) is 13.1. The molecule has 5 rings (SSSR count). The van der Waals surface area contributed by atoms with Crippen molar-refractivity contribution < 1.29 is 18.0 Å². The average Bonchev–Trinajstić information content (AvgIpc) is 3.33. The van der Waals surface area contributed by atoms with Crippen LogP contribution < -0.4 is 10.6 Å². The third kappa shape index (κ3) is 3.90. The first-order valence-electron chi connectivity index (χ1n) is 10.7. The van der Waals surface area contributed by atoms with Gasteiger partial charge in [0.15, 0.2) is 5.82 Å². The molecular formula is C23H23F3N6O. The van der Waals surface area contributed by atoms with Gasteiger partial charge < -0.3 is 15.5 Å². The summed E-state index contributed by atoms with van der Waals surface area (Å²) in [6.07, 6.45) is -2.48. The summed E-state index contributed by atoms with van der Waals surface area (Å²) in [6, 6.07) is 11.8. The molecule has 1 aliphatic heterocycles. The Morgan fingerprint density at radius 1 is 1.21 bits per heavy atom. The molecule has 0 radical (unpaired) electrons. The SMILES string of the molecule is CC1(C)c2[nH]nc(Nc3cc(C(F)(F)F)ccn3)c2CN1C(=O)NC1C[C@@H]1c1ccccc1. The van der Waals surface area contributed by atoms with Gasteiger partial charge in [0.25, 0.3) is 0 Å². The zero-order chi connectivity index (χ0) is 23.4. The van der Waals surface area contributed by atoms with Gasteiger partial charge in [0.1, 0.15) is 5.82 Å². The van der Waals surface area contributed by atoms with Crippen molar-refractivity contribution in [2.24, 2.45) is 0 Å². The van der Waals surface area contributed by atoms with E-state index in [-0.39, 0.29) is 24.4 Å². The molecule has 2 atom stereocenters. The molecule has 33 heavy (non-hydrogen) atoms. The molecule has 0 saturated heterocycles. The molecule has 10 heteroatoms. The zero-order valence-electron chi connectivity index (χ0n) is 18.1. The highest BCUT2D eigenvalue weighted by atomic mass is 19.4. The smallest absolute Gasteiger partial charge is 0.335 e. The third-order valence-corrected chi connectivity index (χ3v) is 6.38. The van der Waals surface area contributed by atoms with Crippen molar-refractivity contribution in [3.05, 3.63) is 71.0 Å². The molecule has 3 heterocycles. The van der Waals surface area contributed by atoms with Crippen LogP contribution in [0.2, 0.25) is 0 Å². The van der Waals surface area contributed by atoms with Crippen LogP contribution in [-0.4, -0.2) is 32.2 Å². The number of urea groups is 1. The minimum absolute atomic E-state index is 0.0310. The van der Waals surface area contributed by atoms with Gasteiger partial charge in [0, 0.05) is 23.7 Å². The van der Waals surface area contributed by atoms with Crippen molar-refractivity contribution in [1.29, 1.82) is 0 Å². The number of aromatic amines is 1. The molecule has 0 spiro atoms. The van der Waals surface area contributed by atoms with Gasteiger partial charge in [0.05, 0.1) is 23.3 Å². The van der Waals surface area contributed by atoms with Gasteiger partial charge in [-0.1, -0.05) is 30.3 Å². The van der Waals surface area contributed by atoms with E-state index in [1.54, 1.807) is 4.90 Å². The number of fused-ring (bicyclic) bond motifs is 1. The molecule has 2 amide bonds. The Bertz CT molecular complexity index is 1190. The molecule has 1 unspecified atom stereocenters. The van der Waals surface area contributed by atoms with Crippen molar-refractivity contribution in [1.82, 2.24) is 25.4 Å². The molecule has 0 bridgehead atoms. The van der Waals surface area contributed by atoms with E-state index in [2.05, 4.69) is 37.9 Å². The first kappa shape index (κ1) is 21.3. The van der Waals surface area contributed by atoms with Crippen LogP contribution in [0.1, 0.15) is 48.6 Å². The molecule has 1 aliphatic carbocycles. The van der Waals surface area contributed by atoms with Gasteiger partial charge >= 0.3 is 12.2 Å². The monoisotopic (exact) mass is 456 g/mol. The predicted octanol–water partition coefficient (Wildman–Crippen LogP) is 4.88. The highest BCUT2D eigenvalue weighted by molar-refractivity contribution is 5.78. The Morgan fingerprint density at radius 2 is 1.97 bits per heavy atom. The number of rotatable bonds is 4. The number of aromatic nitrogens is 3. The van der Waals surface area contributed by atoms with Crippen LogP contribution in [0, 0.1) is 0 Å². The second kappa shape index (κ2) is 7.50. The highest BCUT2D eigenvalue weighted by Crippen LogP contribution is 2.44. The minimum Gasteiger partial charge on any atom is -0.335 e. The number of carbonyl (C=O) groups excluding carboxylic acids is 1. The number of nitrogens with one attached hydrogen (secondary N) is 3. The Kier molecular flexibility index (Phi) is 4.84. The van der Waals surface area contributed by atoms with E-state index in [4.69, 9.17) is 0 Å². The van der Waals surface area contributed by atoms with Crippen LogP contribution in [0.5, 0.6) is 0 Å². The lowest BCUT2D eigenvalue weighted by Crippen LogP contribution is -2.47. The Labute approximate surface area is 188 Å². The van der Waals surface area contributed by atoms with Crippen molar-refractivity contribution >= 4 is 17.7 Å². The third-order valence-electron chi connectivity index (χ3n) is 6.38. The Hall–Kier alpha value is -3.56. The number of pyridine rings is 1. The zero-order valence-corrected chi connectivity index (χ0v) is 18.1. The van der Waals surface area contributed by atoms with E-state index in [1.807, 2.05) is 32.0 Å². The van der Waals surface area contributed by atoms with Crippen LogP contribution in [0.25, 0.3) is 0 Å². The molecule has 3 aromatic rings. The van der Waals surface area contributed by atoms with Crippen molar-refractivity contribution in [2.45, 2.75) is 50.5 Å². The second-order valence-corrected chi connectivity index (χ2v) is 8.93. The van der Waals surface area contributed by atoms with E-state index in [0.717, 1.165) is 36.0 Å². The van der Waals surface area contributed by atoms with Crippen LogP contribution >= 0.6 is 0 Å². The molecule has 1 aromatic carbocycles. The number of halogens is 3. The van der Waals surface area contributed by atoms with Gasteiger partial charge in [-0.25, -0.2) is 9.78 Å². The fourth-order valence-corrected chi connectivity index (χ4v) is 4.40. The summed E-state index contributed by atoms with van der Waals surface area (Å²) in [4.78, 5) is 18.8. The number of hydrogen-bond acceptors (Lipinski definition) is 4. The van der Waals surface area contributed by atoms with Crippen molar-refractivity contribution in [2.75, 3.05) is 5.32 Å². The second-order valence-electron chi connectivity index (χ2n) is 8.93. The van der Waals surface area contributed by atoms with Gasteiger partial charge in [-0.15, -0.1) is 0 Å². The fourth-order valence-electron chi connectivity index (χ4n) is 4.40. The number of alkyl halides is 3. The maximum absolute atomic E-state index is 13.1. The molecule has 2 aliphatic rings. The summed E-state index contributed by atoms with van der Waals surface area (Å²) in [7, 11) is 0. The van der Waals surface area contributed by atoms with Crippen LogP contribution in [-0.2, 0) is 18.3 Å². The summed E-state index contributed by atoms with van der Waals surface area (Å²) in [6.45, 7) is 4.09. The van der Waals surface area contributed by atoms with Crippen LogP contribution in [0.3, 0.4) is 0 Å². The number of benzene rings is 1. The number of hydrogen-bond donors (Lipinski definition) is 3. The molecule has 1 saturated carbocycles. The van der Waals surface area contributed by atoms with E-state index >= 15 is 0 Å². The predicted molar refractivity (Wildman–Crippen MR) is 116 cm³/mol. The first-order chi connectivity index (χ1) is 15.6. The highest BCUT2D eigenvalue weighted by Gasteiger charge is 2.46. The number of nitrogens with zero attached hydrogens (tertiary/aromatic N) is 3. The molecule has 1 fully saturated rings. The number of anilines is 2. The van der Waals surface area contributed by atoms with Crippen LogP contribution in [0.15, 0.2) is 48.7 Å². The summed E-state index contributed by atoms with van der Waals surface area (Å²) >= 11 is 0. The van der Waals surface area contributed by atoms with Crippen LogP contribution in [0.4, 0.5) is 29.6 Å². The number of H-pyrrole nitrogens is 1. The standard InChI is InChI=1S/C23H23F3N6O/c1-22(2)19-16(20(31-30-19)29-18-10-14(8-9-27-18)23(24,25)26)12-32(22)21(33)28-17-11-15(17)13-6-4-3-5-7-13/h3-10,15,17H,11-12H2,1-2H3,(H,28,33)(H2,27,29,30,31)/t15-,17?/m1/s1. The number of amides is 2. The minimum atomic E-state index is -4.47.